The van der Waals surface area contributed by atoms with Crippen LogP contribution in [0.15, 0.2) is 109 Å². The van der Waals surface area contributed by atoms with Gasteiger partial charge in [0, 0.05) is 7.11 Å². The smallest absolute Gasteiger partial charge is 0.475 e. The van der Waals surface area contributed by atoms with Gasteiger partial charge < -0.3 is 37.3 Å². The van der Waals surface area contributed by atoms with Crippen LogP contribution in [0.1, 0.15) is 63.8 Å². The number of phosphoric acid groups is 1. The van der Waals surface area contributed by atoms with Gasteiger partial charge in [-0.3, -0.25) is 13.6 Å². The molecular weight excluding hydrogens is 880 g/mol. The number of hydrogen-bond donors (Lipinski definition) is 0. The van der Waals surface area contributed by atoms with Crippen molar-refractivity contribution in [1.29, 1.82) is 0 Å². The Labute approximate surface area is 390 Å². The first-order valence-electron chi connectivity index (χ1n) is 22.3. The Bertz CT molecular complexity index is 2010. The molecule has 0 bridgehead atoms. The van der Waals surface area contributed by atoms with Crippen LogP contribution >= 0.6 is 7.82 Å². The zero-order valence-corrected chi connectivity index (χ0v) is 43.6. The van der Waals surface area contributed by atoms with E-state index in [0.29, 0.717) is 5.75 Å². The van der Waals surface area contributed by atoms with Crippen molar-refractivity contribution in [2.24, 2.45) is 0 Å². The molecule has 0 aromatic heterocycles. The molecule has 4 aromatic carbocycles. The second-order valence-corrected chi connectivity index (χ2v) is 30.6. The summed E-state index contributed by atoms with van der Waals surface area (Å²) in [7, 11) is -5.03. The second-order valence-electron chi connectivity index (χ2n) is 19.5. The Morgan fingerprint density at radius 2 is 0.815 bits per heavy atom. The molecule has 0 spiro atoms. The number of ether oxygens (including phenoxy) is 6. The molecule has 65 heavy (non-hydrogen) atoms. The van der Waals surface area contributed by atoms with Crippen LogP contribution in [0.3, 0.4) is 0 Å². The molecule has 0 amide bonds. The maximum Gasteiger partial charge on any atom is 0.475 e. The lowest BCUT2D eigenvalue weighted by molar-refractivity contribution is -0.261. The lowest BCUT2D eigenvalue weighted by atomic mass is 9.84. The molecule has 1 aliphatic carbocycles. The molecule has 0 N–H and O–H groups in total. The fraction of sp³-hybridized carbons (Fsp3) is 0.520. The maximum atomic E-state index is 15.6. The first-order chi connectivity index (χ1) is 30.7. The van der Waals surface area contributed by atoms with Crippen LogP contribution in [0.4, 0.5) is 0 Å². The van der Waals surface area contributed by atoms with Crippen molar-refractivity contribution in [3.63, 3.8) is 0 Å². The third kappa shape index (κ3) is 14.6. The van der Waals surface area contributed by atoms with Crippen molar-refractivity contribution in [1.82, 2.24) is 0 Å². The molecule has 0 radical (unpaired) electrons. The first kappa shape index (κ1) is 52.7. The Morgan fingerprint density at radius 1 is 0.462 bits per heavy atom. The predicted molar refractivity (Wildman–Crippen MR) is 259 cm³/mol. The van der Waals surface area contributed by atoms with E-state index in [-0.39, 0.29) is 43.3 Å². The maximum absolute atomic E-state index is 15.6. The van der Waals surface area contributed by atoms with E-state index in [4.69, 9.17) is 50.8 Å². The normalized spacial score (nSPS) is 21.0. The van der Waals surface area contributed by atoms with Crippen molar-refractivity contribution in [3.8, 4) is 11.5 Å². The van der Waals surface area contributed by atoms with Gasteiger partial charge in [0.2, 0.25) is 0 Å². The highest BCUT2D eigenvalue weighted by atomic mass is 31.2. The van der Waals surface area contributed by atoms with E-state index in [2.05, 4.69) is 67.7 Å². The second kappa shape index (κ2) is 23.2. The minimum Gasteiger partial charge on any atom is -0.497 e. The van der Waals surface area contributed by atoms with Crippen molar-refractivity contribution >= 4 is 24.5 Å². The zero-order valence-electron chi connectivity index (χ0n) is 40.7. The molecule has 0 heterocycles. The minimum atomic E-state index is -4.50. The van der Waals surface area contributed by atoms with Gasteiger partial charge >= 0.3 is 7.82 Å². The highest BCUT2D eigenvalue weighted by Gasteiger charge is 2.60. The molecule has 6 atom stereocenters. The van der Waals surface area contributed by atoms with Gasteiger partial charge in [0.15, 0.2) is 16.6 Å². The quantitative estimate of drug-likeness (QED) is 0.0400. The van der Waals surface area contributed by atoms with Crippen LogP contribution in [-0.2, 0) is 72.4 Å². The van der Waals surface area contributed by atoms with E-state index >= 15 is 4.57 Å². The predicted octanol–water partition coefficient (Wildman–Crippen LogP) is 11.9. The van der Waals surface area contributed by atoms with Gasteiger partial charge in [0.25, 0.3) is 0 Å². The fourth-order valence-electron chi connectivity index (χ4n) is 6.79. The summed E-state index contributed by atoms with van der Waals surface area (Å²) in [5, 5.41) is -0.476. The van der Waals surface area contributed by atoms with Gasteiger partial charge in [0.1, 0.15) is 54.9 Å². The number of hydrogen-bond acceptors (Lipinski definition) is 12. The van der Waals surface area contributed by atoms with Crippen LogP contribution in [0.25, 0.3) is 0 Å². The van der Waals surface area contributed by atoms with Crippen LogP contribution in [-0.4, -0.2) is 81.4 Å². The monoisotopic (exact) mass is 952 g/mol. The summed E-state index contributed by atoms with van der Waals surface area (Å²) in [4.78, 5) is 0. The summed E-state index contributed by atoms with van der Waals surface area (Å²) in [5.41, 5.74) is 3.35. The van der Waals surface area contributed by atoms with Gasteiger partial charge in [-0.25, -0.2) is 4.57 Å². The minimum absolute atomic E-state index is 0.0536. The molecule has 12 nitrogen and oxygen atoms in total. The fourth-order valence-corrected chi connectivity index (χ4v) is 10.7. The molecule has 4 aromatic rings. The van der Waals surface area contributed by atoms with Crippen molar-refractivity contribution in [3.05, 3.63) is 131 Å². The third-order valence-electron chi connectivity index (χ3n) is 12.7. The summed E-state index contributed by atoms with van der Waals surface area (Å²) in [6.07, 6.45) is -5.64. The summed E-state index contributed by atoms with van der Waals surface area (Å²) in [5.74, 6) is 1.45. The molecular formula is C50H73O12PSi2. The van der Waals surface area contributed by atoms with Crippen molar-refractivity contribution < 1.29 is 55.4 Å². The summed E-state index contributed by atoms with van der Waals surface area (Å²) < 4.78 is 87.7. The van der Waals surface area contributed by atoms with E-state index in [1.165, 1.54) is 0 Å². The van der Waals surface area contributed by atoms with E-state index in [0.717, 1.165) is 28.0 Å². The Balaban J connectivity index is 1.73. The van der Waals surface area contributed by atoms with Crippen molar-refractivity contribution in [2.75, 3.05) is 28.1 Å². The number of methoxy groups -OCH3 is 3. The van der Waals surface area contributed by atoms with Gasteiger partial charge in [0.05, 0.1) is 40.6 Å². The van der Waals surface area contributed by atoms with E-state index < -0.39 is 61.1 Å². The Hall–Kier alpha value is -3.22. The topological polar surface area (TPSA) is 119 Å². The van der Waals surface area contributed by atoms with Gasteiger partial charge in [-0.2, -0.15) is 0 Å². The lowest BCUT2D eigenvalue weighted by Crippen LogP contribution is -2.70. The molecule has 358 valence electrons. The molecule has 5 rings (SSSR count). The molecule has 0 aliphatic heterocycles. The SMILES string of the molecule is COCO[C@@H]1[C@H](O[Si](C)(C)C(C)(C)C)[C@@H](OCc2ccc(OC)cc2)[C@H](O[Si](C)(C)C(C)(C)C)[C@@H](OCc2ccc(OC)cc2)[C@@H]1OP(=O)(OCc1ccccc1)OCc1ccccc1. The first-order valence-corrected chi connectivity index (χ1v) is 29.6. The van der Waals surface area contributed by atoms with E-state index in [9.17, 15) is 0 Å². The van der Waals surface area contributed by atoms with Crippen LogP contribution in [0.2, 0.25) is 36.3 Å². The van der Waals surface area contributed by atoms with Crippen molar-refractivity contribution in [2.45, 2.75) is 141 Å². The summed E-state index contributed by atoms with van der Waals surface area (Å²) >= 11 is 0. The van der Waals surface area contributed by atoms with Gasteiger partial charge in [-0.1, -0.05) is 126 Å². The average molecular weight is 953 g/mol. The number of benzene rings is 4. The van der Waals surface area contributed by atoms with Gasteiger partial charge in [-0.15, -0.1) is 0 Å². The largest absolute Gasteiger partial charge is 0.497 e. The van der Waals surface area contributed by atoms with E-state index in [1.54, 1.807) is 21.3 Å². The van der Waals surface area contributed by atoms with E-state index in [1.807, 2.05) is 109 Å². The highest BCUT2D eigenvalue weighted by molar-refractivity contribution is 7.48. The zero-order chi connectivity index (χ0) is 47.5. The summed E-state index contributed by atoms with van der Waals surface area (Å²) in [6, 6.07) is 34.4. The number of rotatable bonds is 23. The average Bonchev–Trinajstić information content (AvgIpc) is 3.27. The summed E-state index contributed by atoms with van der Waals surface area (Å²) in [6.45, 7) is 21.9. The molecule has 1 aliphatic rings. The van der Waals surface area contributed by atoms with Crippen LogP contribution in [0.5, 0.6) is 11.5 Å². The molecule has 0 unspecified atom stereocenters. The number of phosphoric ester groups is 1. The van der Waals surface area contributed by atoms with Crippen LogP contribution < -0.4 is 9.47 Å². The molecule has 1 saturated carbocycles. The Kier molecular flexibility index (Phi) is 18.8. The lowest BCUT2D eigenvalue weighted by Gasteiger charge is -2.54. The highest BCUT2D eigenvalue weighted by Crippen LogP contribution is 2.55. The standard InChI is InChI=1S/C50H73O12PSi2/c1-49(2,3)64(10,11)61-47-43(55-32-39-24-28-41(53-8)29-25-39)46(60-63(51,58-34-37-20-16-14-17-21-37)59-35-38-22-18-15-19-23-38)44(57-36-52-7)48(62-65(12,13)50(4,5)6)45(47)56-33-40-26-30-42(54-9)31-27-40/h14-31,43-48H,32-36H2,1-13H3/t43-,44-,45-,46-,47+,48-/m0/s1. The molecule has 0 saturated heterocycles. The van der Waals surface area contributed by atoms with Gasteiger partial charge in [-0.05, 0) is 82.8 Å². The Morgan fingerprint density at radius 3 is 1.17 bits per heavy atom. The van der Waals surface area contributed by atoms with Crippen LogP contribution in [0, 0.1) is 0 Å². The molecule has 15 heteroatoms. The molecule has 1 fully saturated rings. The third-order valence-corrected chi connectivity index (χ3v) is 23.1.